The Hall–Kier alpha value is -1.83. The number of hydrogen-bond acceptors (Lipinski definition) is 2. The van der Waals surface area contributed by atoms with Gasteiger partial charge in [-0.1, -0.05) is 30.3 Å². The third-order valence-electron chi connectivity index (χ3n) is 2.32. The standard InChI is InChI=1S/C13H12O2/c1-10-7-8-15-13(10)12(14)9-11-5-3-2-4-6-11/h2-8H,9H2,1H3. The number of rotatable bonds is 3. The van der Waals surface area contributed by atoms with Gasteiger partial charge in [0.15, 0.2) is 5.76 Å². The topological polar surface area (TPSA) is 30.2 Å². The van der Waals surface area contributed by atoms with Gasteiger partial charge in [-0.25, -0.2) is 0 Å². The van der Waals surface area contributed by atoms with Gasteiger partial charge in [0.05, 0.1) is 6.26 Å². The highest BCUT2D eigenvalue weighted by Gasteiger charge is 2.12. The summed E-state index contributed by atoms with van der Waals surface area (Å²) < 4.78 is 5.15. The minimum absolute atomic E-state index is 0.0312. The lowest BCUT2D eigenvalue weighted by Gasteiger charge is -1.99. The number of benzene rings is 1. The Morgan fingerprint density at radius 1 is 1.20 bits per heavy atom. The molecule has 0 aliphatic rings. The molecular formula is C13H12O2. The zero-order valence-electron chi connectivity index (χ0n) is 8.57. The molecule has 0 atom stereocenters. The molecule has 1 aromatic carbocycles. The predicted molar refractivity (Wildman–Crippen MR) is 57.9 cm³/mol. The number of ketones is 1. The monoisotopic (exact) mass is 200 g/mol. The molecule has 2 aromatic rings. The molecule has 1 aromatic heterocycles. The van der Waals surface area contributed by atoms with E-state index in [2.05, 4.69) is 0 Å². The van der Waals surface area contributed by atoms with Crippen molar-refractivity contribution in [3.8, 4) is 0 Å². The van der Waals surface area contributed by atoms with Gasteiger partial charge in [0.1, 0.15) is 0 Å². The summed E-state index contributed by atoms with van der Waals surface area (Å²) in [5, 5.41) is 0. The summed E-state index contributed by atoms with van der Waals surface area (Å²) in [5.41, 5.74) is 1.91. The van der Waals surface area contributed by atoms with Gasteiger partial charge in [0.25, 0.3) is 0 Å². The van der Waals surface area contributed by atoms with Gasteiger partial charge < -0.3 is 4.42 Å². The van der Waals surface area contributed by atoms with Gasteiger partial charge in [0.2, 0.25) is 5.78 Å². The first-order valence-corrected chi connectivity index (χ1v) is 4.88. The van der Waals surface area contributed by atoms with Crippen LogP contribution in [0.15, 0.2) is 47.1 Å². The van der Waals surface area contributed by atoms with Crippen LogP contribution in [0.25, 0.3) is 0 Å². The SMILES string of the molecule is Cc1ccoc1C(=O)Cc1ccccc1. The fourth-order valence-corrected chi connectivity index (χ4v) is 1.52. The Kier molecular flexibility index (Phi) is 2.68. The predicted octanol–water partition coefficient (Wildman–Crippen LogP) is 3.01. The minimum Gasteiger partial charge on any atom is -0.461 e. The second kappa shape index (κ2) is 4.13. The molecule has 0 aliphatic heterocycles. The van der Waals surface area contributed by atoms with E-state index in [1.807, 2.05) is 37.3 Å². The van der Waals surface area contributed by atoms with E-state index >= 15 is 0 Å². The first-order chi connectivity index (χ1) is 7.27. The van der Waals surface area contributed by atoms with E-state index in [-0.39, 0.29) is 5.78 Å². The third-order valence-corrected chi connectivity index (χ3v) is 2.32. The molecule has 2 nitrogen and oxygen atoms in total. The molecule has 2 rings (SSSR count). The molecule has 0 spiro atoms. The average molecular weight is 200 g/mol. The maximum Gasteiger partial charge on any atom is 0.202 e. The molecular weight excluding hydrogens is 188 g/mol. The number of hydrogen-bond donors (Lipinski definition) is 0. The van der Waals surface area contributed by atoms with E-state index in [1.54, 1.807) is 12.3 Å². The smallest absolute Gasteiger partial charge is 0.202 e. The van der Waals surface area contributed by atoms with E-state index < -0.39 is 0 Å². The molecule has 15 heavy (non-hydrogen) atoms. The molecule has 76 valence electrons. The van der Waals surface area contributed by atoms with Crippen LogP contribution in [0.5, 0.6) is 0 Å². The van der Waals surface area contributed by atoms with Gasteiger partial charge in [-0.15, -0.1) is 0 Å². The average Bonchev–Trinajstić information content (AvgIpc) is 2.66. The Morgan fingerprint density at radius 3 is 2.53 bits per heavy atom. The van der Waals surface area contributed by atoms with Crippen LogP contribution >= 0.6 is 0 Å². The van der Waals surface area contributed by atoms with Gasteiger partial charge in [-0.2, -0.15) is 0 Å². The second-order valence-corrected chi connectivity index (χ2v) is 3.52. The van der Waals surface area contributed by atoms with Crippen LogP contribution in [0.4, 0.5) is 0 Å². The van der Waals surface area contributed by atoms with Crippen LogP contribution in [0.2, 0.25) is 0 Å². The molecule has 0 amide bonds. The second-order valence-electron chi connectivity index (χ2n) is 3.52. The summed E-state index contributed by atoms with van der Waals surface area (Å²) >= 11 is 0. The van der Waals surface area contributed by atoms with Crippen molar-refractivity contribution < 1.29 is 9.21 Å². The van der Waals surface area contributed by atoms with Crippen molar-refractivity contribution in [2.45, 2.75) is 13.3 Å². The van der Waals surface area contributed by atoms with E-state index in [1.165, 1.54) is 0 Å². The highest BCUT2D eigenvalue weighted by atomic mass is 16.3. The summed E-state index contributed by atoms with van der Waals surface area (Å²) in [6, 6.07) is 11.5. The molecule has 0 fully saturated rings. The van der Waals surface area contributed by atoms with Crippen molar-refractivity contribution in [2.24, 2.45) is 0 Å². The van der Waals surface area contributed by atoms with Crippen LogP contribution < -0.4 is 0 Å². The normalized spacial score (nSPS) is 10.2. The summed E-state index contributed by atoms with van der Waals surface area (Å²) in [6.45, 7) is 1.88. The molecule has 0 unspecified atom stereocenters. The van der Waals surface area contributed by atoms with E-state index in [9.17, 15) is 4.79 Å². The van der Waals surface area contributed by atoms with Crippen LogP contribution in [0, 0.1) is 6.92 Å². The van der Waals surface area contributed by atoms with Crippen LogP contribution in [-0.2, 0) is 6.42 Å². The van der Waals surface area contributed by atoms with Crippen LogP contribution in [0.1, 0.15) is 21.7 Å². The number of carbonyl (C=O) groups is 1. The van der Waals surface area contributed by atoms with E-state index in [4.69, 9.17) is 4.42 Å². The fourth-order valence-electron chi connectivity index (χ4n) is 1.52. The molecule has 1 heterocycles. The summed E-state index contributed by atoms with van der Waals surface area (Å²) in [6.07, 6.45) is 1.95. The molecule has 0 saturated carbocycles. The van der Waals surface area contributed by atoms with Gasteiger partial charge in [-0.05, 0) is 24.1 Å². The summed E-state index contributed by atoms with van der Waals surface area (Å²) in [5.74, 6) is 0.502. The van der Waals surface area contributed by atoms with Gasteiger partial charge in [-0.3, -0.25) is 4.79 Å². The zero-order chi connectivity index (χ0) is 10.7. The highest BCUT2D eigenvalue weighted by molar-refractivity contribution is 5.96. The number of Topliss-reactive ketones (excluding diaryl/α,β-unsaturated/α-hetero) is 1. The van der Waals surface area contributed by atoms with Crippen molar-refractivity contribution in [1.82, 2.24) is 0 Å². The van der Waals surface area contributed by atoms with Gasteiger partial charge >= 0.3 is 0 Å². The molecule has 0 saturated heterocycles. The van der Waals surface area contributed by atoms with Crippen molar-refractivity contribution in [2.75, 3.05) is 0 Å². The largest absolute Gasteiger partial charge is 0.461 e. The van der Waals surface area contributed by atoms with Crippen molar-refractivity contribution in [1.29, 1.82) is 0 Å². The Balaban J connectivity index is 2.15. The lowest BCUT2D eigenvalue weighted by molar-refractivity contribution is 0.0965. The molecule has 0 aliphatic carbocycles. The Bertz CT molecular complexity index is 454. The maximum absolute atomic E-state index is 11.8. The van der Waals surface area contributed by atoms with E-state index in [0.29, 0.717) is 12.2 Å². The summed E-state index contributed by atoms with van der Waals surface area (Å²) in [4.78, 5) is 11.8. The first kappa shape index (κ1) is 9.71. The third kappa shape index (κ3) is 2.15. The molecule has 2 heteroatoms. The molecule has 0 bridgehead atoms. The minimum atomic E-state index is 0.0312. The van der Waals surface area contributed by atoms with Gasteiger partial charge in [0, 0.05) is 6.42 Å². The Labute approximate surface area is 88.5 Å². The zero-order valence-corrected chi connectivity index (χ0v) is 8.57. The Morgan fingerprint density at radius 2 is 1.93 bits per heavy atom. The van der Waals surface area contributed by atoms with Crippen LogP contribution in [-0.4, -0.2) is 5.78 Å². The molecule has 0 radical (unpaired) electrons. The molecule has 0 N–H and O–H groups in total. The van der Waals surface area contributed by atoms with E-state index in [0.717, 1.165) is 11.1 Å². The number of carbonyl (C=O) groups excluding carboxylic acids is 1. The maximum atomic E-state index is 11.8. The first-order valence-electron chi connectivity index (χ1n) is 4.88. The van der Waals surface area contributed by atoms with Crippen molar-refractivity contribution >= 4 is 5.78 Å². The van der Waals surface area contributed by atoms with Crippen molar-refractivity contribution in [3.05, 3.63) is 59.5 Å². The highest BCUT2D eigenvalue weighted by Crippen LogP contribution is 2.12. The van der Waals surface area contributed by atoms with Crippen molar-refractivity contribution in [3.63, 3.8) is 0 Å². The lowest BCUT2D eigenvalue weighted by atomic mass is 10.1. The summed E-state index contributed by atoms with van der Waals surface area (Å²) in [7, 11) is 0. The number of aryl methyl sites for hydroxylation is 1. The van der Waals surface area contributed by atoms with Crippen LogP contribution in [0.3, 0.4) is 0 Å². The number of furan rings is 1. The lowest BCUT2D eigenvalue weighted by Crippen LogP contribution is -2.03. The quantitative estimate of drug-likeness (QED) is 0.713. The fraction of sp³-hybridized carbons (Fsp3) is 0.154.